The van der Waals surface area contributed by atoms with E-state index in [2.05, 4.69) is 23.2 Å². The summed E-state index contributed by atoms with van der Waals surface area (Å²) in [6.45, 7) is 3.39. The van der Waals surface area contributed by atoms with Crippen LogP contribution in [0.3, 0.4) is 0 Å². The highest BCUT2D eigenvalue weighted by molar-refractivity contribution is 5.54. The molecule has 2 fully saturated rings. The maximum atomic E-state index is 9.76. The molecule has 1 saturated heterocycles. The fourth-order valence-corrected chi connectivity index (χ4v) is 4.38. The van der Waals surface area contributed by atoms with E-state index in [1.54, 1.807) is 0 Å². The zero-order chi connectivity index (χ0) is 16.8. The molecule has 2 spiro atoms. The van der Waals surface area contributed by atoms with Crippen LogP contribution in [0.4, 0.5) is 0 Å². The SMILES string of the molecule is CCCc1[nH]nc2c1C1(CCC3(CC1)OCCO3)C(C#N)=C(N)O2. The molecule has 1 aromatic rings. The molecule has 4 rings (SSSR count). The summed E-state index contributed by atoms with van der Waals surface area (Å²) < 4.78 is 17.3. The van der Waals surface area contributed by atoms with Gasteiger partial charge >= 0.3 is 0 Å². The lowest BCUT2D eigenvalue weighted by molar-refractivity contribution is -0.183. The van der Waals surface area contributed by atoms with Crippen LogP contribution in [0.1, 0.15) is 50.3 Å². The first-order chi connectivity index (χ1) is 11.6. The van der Waals surface area contributed by atoms with Crippen LogP contribution in [0.25, 0.3) is 0 Å². The third kappa shape index (κ3) is 2.06. The summed E-state index contributed by atoms with van der Waals surface area (Å²) in [5.74, 6) is 0.191. The Balaban J connectivity index is 1.78. The van der Waals surface area contributed by atoms with Crippen LogP contribution >= 0.6 is 0 Å². The number of aryl methyl sites for hydroxylation is 1. The van der Waals surface area contributed by atoms with Crippen molar-refractivity contribution in [3.05, 3.63) is 22.7 Å². The molecule has 7 nitrogen and oxygen atoms in total. The van der Waals surface area contributed by atoms with Gasteiger partial charge in [-0.15, -0.1) is 5.10 Å². The van der Waals surface area contributed by atoms with Gasteiger partial charge in [0.1, 0.15) is 11.6 Å². The number of hydrogen-bond acceptors (Lipinski definition) is 6. The summed E-state index contributed by atoms with van der Waals surface area (Å²) in [7, 11) is 0. The van der Waals surface area contributed by atoms with Crippen LogP contribution in [0.5, 0.6) is 5.88 Å². The fourth-order valence-electron chi connectivity index (χ4n) is 4.38. The first-order valence-corrected chi connectivity index (χ1v) is 8.58. The van der Waals surface area contributed by atoms with Gasteiger partial charge in [-0.3, -0.25) is 5.10 Å². The Kier molecular flexibility index (Phi) is 3.55. The molecule has 1 aromatic heterocycles. The second-order valence-corrected chi connectivity index (χ2v) is 6.78. The molecule has 0 bridgehead atoms. The van der Waals surface area contributed by atoms with Crippen molar-refractivity contribution in [1.82, 2.24) is 10.2 Å². The number of nitrogens with zero attached hydrogens (tertiary/aromatic N) is 2. The van der Waals surface area contributed by atoms with Crippen molar-refractivity contribution in [2.45, 2.75) is 56.7 Å². The van der Waals surface area contributed by atoms with Crippen LogP contribution < -0.4 is 10.5 Å². The zero-order valence-corrected chi connectivity index (χ0v) is 13.9. The third-order valence-corrected chi connectivity index (χ3v) is 5.51. The number of rotatable bonds is 2. The topological polar surface area (TPSA) is 106 Å². The van der Waals surface area contributed by atoms with E-state index in [4.69, 9.17) is 19.9 Å². The molecule has 1 saturated carbocycles. The predicted octanol–water partition coefficient (Wildman–Crippen LogP) is 2.00. The highest BCUT2D eigenvalue weighted by Crippen LogP contribution is 2.55. The summed E-state index contributed by atoms with van der Waals surface area (Å²) in [6.07, 6.45) is 4.81. The third-order valence-electron chi connectivity index (χ3n) is 5.51. The number of nitrogens with two attached hydrogens (primary N) is 1. The molecule has 0 radical (unpaired) electrons. The average molecular weight is 330 g/mol. The largest absolute Gasteiger partial charge is 0.420 e. The Hall–Kier alpha value is -2.04. The van der Waals surface area contributed by atoms with Gasteiger partial charge in [-0.05, 0) is 19.3 Å². The van der Waals surface area contributed by atoms with Gasteiger partial charge in [0, 0.05) is 29.5 Å². The molecule has 128 valence electrons. The minimum atomic E-state index is -0.492. The minimum Gasteiger partial charge on any atom is -0.420 e. The molecule has 24 heavy (non-hydrogen) atoms. The minimum absolute atomic E-state index is 0.170. The summed E-state index contributed by atoms with van der Waals surface area (Å²) in [5.41, 5.74) is 8.16. The normalized spacial score (nSPS) is 24.0. The Morgan fingerprint density at radius 1 is 1.25 bits per heavy atom. The summed E-state index contributed by atoms with van der Waals surface area (Å²) >= 11 is 0. The van der Waals surface area contributed by atoms with Crippen molar-refractivity contribution in [2.24, 2.45) is 5.73 Å². The van der Waals surface area contributed by atoms with E-state index in [0.717, 1.165) is 49.8 Å². The Morgan fingerprint density at radius 2 is 1.96 bits per heavy atom. The van der Waals surface area contributed by atoms with E-state index in [9.17, 15) is 5.26 Å². The molecule has 7 heteroatoms. The van der Waals surface area contributed by atoms with Crippen LogP contribution in [-0.2, 0) is 21.3 Å². The number of ether oxygens (including phenoxy) is 3. The Morgan fingerprint density at radius 3 is 2.58 bits per heavy atom. The van der Waals surface area contributed by atoms with Crippen molar-refractivity contribution >= 4 is 0 Å². The van der Waals surface area contributed by atoms with Crippen LogP contribution in [-0.4, -0.2) is 29.2 Å². The van der Waals surface area contributed by atoms with E-state index in [-0.39, 0.29) is 5.88 Å². The predicted molar refractivity (Wildman–Crippen MR) is 84.8 cm³/mol. The molecular weight excluding hydrogens is 308 g/mol. The molecule has 3 heterocycles. The Bertz CT molecular complexity index is 715. The van der Waals surface area contributed by atoms with Gasteiger partial charge in [0.2, 0.25) is 11.8 Å². The monoisotopic (exact) mass is 330 g/mol. The lowest BCUT2D eigenvalue weighted by atomic mass is 9.63. The molecule has 2 aliphatic heterocycles. The van der Waals surface area contributed by atoms with Crippen molar-refractivity contribution in [2.75, 3.05) is 13.2 Å². The van der Waals surface area contributed by atoms with Gasteiger partial charge in [0.15, 0.2) is 5.79 Å². The van der Waals surface area contributed by atoms with Gasteiger partial charge in [0.25, 0.3) is 0 Å². The number of H-pyrrole nitrogens is 1. The Labute approximate surface area is 140 Å². The number of aromatic nitrogens is 2. The molecule has 0 atom stereocenters. The highest BCUT2D eigenvalue weighted by atomic mass is 16.7. The molecule has 3 N–H and O–H groups in total. The van der Waals surface area contributed by atoms with E-state index in [0.29, 0.717) is 24.7 Å². The van der Waals surface area contributed by atoms with E-state index in [1.165, 1.54) is 0 Å². The first kappa shape index (κ1) is 15.5. The van der Waals surface area contributed by atoms with Gasteiger partial charge in [-0.25, -0.2) is 0 Å². The molecule has 0 aromatic carbocycles. The smallest absolute Gasteiger partial charge is 0.244 e. The molecular formula is C17H22N4O3. The number of nitriles is 1. The van der Waals surface area contributed by atoms with E-state index < -0.39 is 11.2 Å². The standard InChI is InChI=1S/C17H22N4O3/c1-2-3-12-13-15(21-20-12)24-14(19)11(10-18)16(13)4-6-17(7-5-16)22-8-9-23-17/h2-9,19H2,1H3,(H,20,21). The highest BCUT2D eigenvalue weighted by Gasteiger charge is 2.53. The zero-order valence-electron chi connectivity index (χ0n) is 13.9. The number of fused-ring (bicyclic) bond motifs is 2. The summed E-state index contributed by atoms with van der Waals surface area (Å²) in [5, 5.41) is 17.1. The molecule has 3 aliphatic rings. The summed E-state index contributed by atoms with van der Waals surface area (Å²) in [6, 6.07) is 2.30. The molecule has 1 aliphatic carbocycles. The van der Waals surface area contributed by atoms with Crippen molar-refractivity contribution < 1.29 is 14.2 Å². The van der Waals surface area contributed by atoms with Gasteiger partial charge in [0.05, 0.1) is 13.2 Å². The van der Waals surface area contributed by atoms with Crippen molar-refractivity contribution in [3.8, 4) is 11.9 Å². The van der Waals surface area contributed by atoms with Gasteiger partial charge < -0.3 is 19.9 Å². The van der Waals surface area contributed by atoms with Crippen molar-refractivity contribution in [3.63, 3.8) is 0 Å². The quantitative estimate of drug-likeness (QED) is 0.859. The van der Waals surface area contributed by atoms with E-state index in [1.807, 2.05) is 0 Å². The maximum absolute atomic E-state index is 9.76. The van der Waals surface area contributed by atoms with Gasteiger partial charge in [-0.2, -0.15) is 5.26 Å². The fraction of sp³-hybridized carbons (Fsp3) is 0.647. The maximum Gasteiger partial charge on any atom is 0.244 e. The summed E-state index contributed by atoms with van der Waals surface area (Å²) in [4.78, 5) is 0. The van der Waals surface area contributed by atoms with Crippen LogP contribution in [0, 0.1) is 11.3 Å². The molecule has 0 amide bonds. The lowest BCUT2D eigenvalue weighted by Crippen LogP contribution is -2.45. The number of nitrogens with one attached hydrogen (secondary N) is 1. The van der Waals surface area contributed by atoms with Crippen LogP contribution in [0.2, 0.25) is 0 Å². The number of aromatic amines is 1. The number of allylic oxidation sites excluding steroid dienone is 1. The second-order valence-electron chi connectivity index (χ2n) is 6.78. The van der Waals surface area contributed by atoms with Gasteiger partial charge in [-0.1, -0.05) is 13.3 Å². The average Bonchev–Trinajstić information content (AvgIpc) is 3.19. The molecule has 0 unspecified atom stereocenters. The van der Waals surface area contributed by atoms with E-state index >= 15 is 0 Å². The lowest BCUT2D eigenvalue weighted by Gasteiger charge is -2.45. The first-order valence-electron chi connectivity index (χ1n) is 8.58. The van der Waals surface area contributed by atoms with Crippen LogP contribution in [0.15, 0.2) is 11.5 Å². The number of hydrogen-bond donors (Lipinski definition) is 2. The van der Waals surface area contributed by atoms with Crippen molar-refractivity contribution in [1.29, 1.82) is 5.26 Å². The second kappa shape index (κ2) is 5.50.